The van der Waals surface area contributed by atoms with Crippen LogP contribution < -0.4 is 5.73 Å². The van der Waals surface area contributed by atoms with Gasteiger partial charge in [-0.25, -0.2) is 0 Å². The molecule has 0 fully saturated rings. The fraction of sp³-hybridized carbons (Fsp3) is 0.600. The average molecular weight is 221 g/mol. The zero-order valence-electron chi connectivity index (χ0n) is 11.3. The minimum Gasteiger partial charge on any atom is -0.326 e. The molecule has 0 radical (unpaired) electrons. The van der Waals surface area contributed by atoms with Crippen LogP contribution in [0, 0.1) is 5.92 Å². The summed E-state index contributed by atoms with van der Waals surface area (Å²) in [4.78, 5) is 0. The molecular weight excluding hydrogens is 194 g/mol. The van der Waals surface area contributed by atoms with Crippen molar-refractivity contribution in [1.82, 2.24) is 0 Å². The minimum atomic E-state index is 0.663. The van der Waals surface area contributed by atoms with Crippen molar-refractivity contribution < 1.29 is 0 Å². The number of benzene rings is 1. The lowest BCUT2D eigenvalue weighted by Gasteiger charge is -2.10. The van der Waals surface area contributed by atoms with Crippen LogP contribution in [0.1, 0.15) is 51.7 Å². The molecule has 2 N–H and O–H groups in total. The third-order valence-corrected chi connectivity index (χ3v) is 2.94. The van der Waals surface area contributed by atoms with Crippen LogP contribution in [0.3, 0.4) is 0 Å². The fourth-order valence-electron chi connectivity index (χ4n) is 1.61. The lowest BCUT2D eigenvalue weighted by Crippen LogP contribution is -2.03. The lowest BCUT2D eigenvalue weighted by atomic mass is 9.96. The first kappa shape index (κ1) is 15.2. The third-order valence-electron chi connectivity index (χ3n) is 2.94. The van der Waals surface area contributed by atoms with Gasteiger partial charge < -0.3 is 5.73 Å². The minimum absolute atomic E-state index is 0.663. The van der Waals surface area contributed by atoms with Crippen molar-refractivity contribution in [2.75, 3.05) is 0 Å². The van der Waals surface area contributed by atoms with E-state index < -0.39 is 0 Å². The van der Waals surface area contributed by atoms with Crippen LogP contribution in [0.2, 0.25) is 0 Å². The molecule has 0 aromatic heterocycles. The van der Waals surface area contributed by atoms with Crippen LogP contribution in [0.4, 0.5) is 0 Å². The highest BCUT2D eigenvalue weighted by molar-refractivity contribution is 5.26. The zero-order chi connectivity index (χ0) is 12.4. The maximum absolute atomic E-state index is 5.69. The molecule has 0 saturated carbocycles. The first-order chi connectivity index (χ1) is 7.77. The Balaban J connectivity index is 0.00000106. The van der Waals surface area contributed by atoms with Gasteiger partial charge in [0.05, 0.1) is 0 Å². The highest BCUT2D eigenvalue weighted by atomic mass is 14.5. The molecule has 1 aromatic rings. The number of aryl methyl sites for hydroxylation is 1. The molecule has 0 amide bonds. The van der Waals surface area contributed by atoms with Gasteiger partial charge in [0.25, 0.3) is 0 Å². The van der Waals surface area contributed by atoms with Crippen LogP contribution in [-0.2, 0) is 13.0 Å². The largest absolute Gasteiger partial charge is 0.326 e. The number of rotatable bonds is 5. The van der Waals surface area contributed by atoms with E-state index in [2.05, 4.69) is 38.1 Å². The van der Waals surface area contributed by atoms with Gasteiger partial charge in [0, 0.05) is 6.54 Å². The maximum atomic E-state index is 5.69. The standard InChI is InChI=1S/C13H21N.C2H6/c1-3-11(2)8-9-12-6-4-5-7-13(12)10-14;1-2/h4-7,11H,3,8-10,14H2,1-2H3;1-2H3. The Hall–Kier alpha value is -0.820. The Morgan fingerprint density at radius 3 is 2.19 bits per heavy atom. The maximum Gasteiger partial charge on any atom is 0.0180 e. The van der Waals surface area contributed by atoms with E-state index in [1.54, 1.807) is 0 Å². The van der Waals surface area contributed by atoms with E-state index in [-0.39, 0.29) is 0 Å². The van der Waals surface area contributed by atoms with E-state index in [0.29, 0.717) is 6.54 Å². The molecule has 0 aliphatic heterocycles. The van der Waals surface area contributed by atoms with Gasteiger partial charge in [-0.1, -0.05) is 58.4 Å². The molecule has 0 heterocycles. The Morgan fingerprint density at radius 2 is 1.69 bits per heavy atom. The molecule has 0 saturated heterocycles. The summed E-state index contributed by atoms with van der Waals surface area (Å²) in [5.74, 6) is 0.820. The second kappa shape index (κ2) is 9.41. The summed E-state index contributed by atoms with van der Waals surface area (Å²) < 4.78 is 0. The number of nitrogens with two attached hydrogens (primary N) is 1. The van der Waals surface area contributed by atoms with Crippen molar-refractivity contribution in [3.05, 3.63) is 35.4 Å². The Bertz CT molecular complexity index is 268. The SMILES string of the molecule is CC.CCC(C)CCc1ccccc1CN. The summed E-state index contributed by atoms with van der Waals surface area (Å²) in [5, 5.41) is 0. The summed E-state index contributed by atoms with van der Waals surface area (Å²) in [6.45, 7) is 9.22. The zero-order valence-corrected chi connectivity index (χ0v) is 11.3. The average Bonchev–Trinajstić information content (AvgIpc) is 2.38. The van der Waals surface area contributed by atoms with E-state index in [4.69, 9.17) is 5.73 Å². The summed E-state index contributed by atoms with van der Waals surface area (Å²) in [7, 11) is 0. The van der Waals surface area contributed by atoms with Gasteiger partial charge in [-0.05, 0) is 29.9 Å². The van der Waals surface area contributed by atoms with Crippen molar-refractivity contribution in [2.24, 2.45) is 11.7 Å². The predicted octanol–water partition coefficient (Wildman–Crippen LogP) is 4.15. The van der Waals surface area contributed by atoms with Crippen LogP contribution in [-0.4, -0.2) is 0 Å². The number of hydrogen-bond donors (Lipinski definition) is 1. The molecule has 0 aliphatic carbocycles. The van der Waals surface area contributed by atoms with E-state index in [0.717, 1.165) is 5.92 Å². The lowest BCUT2D eigenvalue weighted by molar-refractivity contribution is 0.515. The summed E-state index contributed by atoms with van der Waals surface area (Å²) in [6, 6.07) is 8.50. The van der Waals surface area contributed by atoms with Crippen molar-refractivity contribution in [3.63, 3.8) is 0 Å². The smallest absolute Gasteiger partial charge is 0.0180 e. The molecule has 16 heavy (non-hydrogen) atoms. The van der Waals surface area contributed by atoms with Gasteiger partial charge >= 0.3 is 0 Å². The van der Waals surface area contributed by atoms with Gasteiger partial charge in [-0.2, -0.15) is 0 Å². The molecule has 1 heteroatoms. The predicted molar refractivity (Wildman–Crippen MR) is 73.5 cm³/mol. The van der Waals surface area contributed by atoms with E-state index in [1.807, 2.05) is 13.8 Å². The van der Waals surface area contributed by atoms with Crippen LogP contribution in [0.15, 0.2) is 24.3 Å². The highest BCUT2D eigenvalue weighted by Gasteiger charge is 2.02. The van der Waals surface area contributed by atoms with E-state index in [1.165, 1.54) is 30.4 Å². The monoisotopic (exact) mass is 221 g/mol. The molecule has 1 aromatic carbocycles. The molecule has 0 spiro atoms. The van der Waals surface area contributed by atoms with Crippen LogP contribution in [0.25, 0.3) is 0 Å². The summed E-state index contributed by atoms with van der Waals surface area (Å²) in [5.41, 5.74) is 8.42. The molecule has 92 valence electrons. The molecule has 0 bridgehead atoms. The molecule has 1 rings (SSSR count). The summed E-state index contributed by atoms with van der Waals surface area (Å²) in [6.07, 6.45) is 3.71. The van der Waals surface area contributed by atoms with Crippen molar-refractivity contribution in [1.29, 1.82) is 0 Å². The van der Waals surface area contributed by atoms with E-state index in [9.17, 15) is 0 Å². The second-order valence-electron chi connectivity index (χ2n) is 4.02. The molecule has 0 aliphatic rings. The molecular formula is C15H27N. The first-order valence-corrected chi connectivity index (χ1v) is 6.54. The van der Waals surface area contributed by atoms with Crippen LogP contribution >= 0.6 is 0 Å². The van der Waals surface area contributed by atoms with Crippen molar-refractivity contribution >= 4 is 0 Å². The normalized spacial score (nSPS) is 11.6. The van der Waals surface area contributed by atoms with Gasteiger partial charge in [0.1, 0.15) is 0 Å². The Morgan fingerprint density at radius 1 is 1.12 bits per heavy atom. The quantitative estimate of drug-likeness (QED) is 0.794. The van der Waals surface area contributed by atoms with Crippen LogP contribution in [0.5, 0.6) is 0 Å². The first-order valence-electron chi connectivity index (χ1n) is 6.54. The Kier molecular flexibility index (Phi) is 8.93. The summed E-state index contributed by atoms with van der Waals surface area (Å²) >= 11 is 0. The van der Waals surface area contributed by atoms with Crippen molar-refractivity contribution in [2.45, 2.75) is 53.5 Å². The second-order valence-corrected chi connectivity index (χ2v) is 4.02. The number of hydrogen-bond acceptors (Lipinski definition) is 1. The third kappa shape index (κ3) is 5.32. The van der Waals surface area contributed by atoms with E-state index >= 15 is 0 Å². The van der Waals surface area contributed by atoms with Gasteiger partial charge in [0.15, 0.2) is 0 Å². The fourth-order valence-corrected chi connectivity index (χ4v) is 1.61. The van der Waals surface area contributed by atoms with Crippen molar-refractivity contribution in [3.8, 4) is 0 Å². The van der Waals surface area contributed by atoms with Gasteiger partial charge in [-0.15, -0.1) is 0 Å². The van der Waals surface area contributed by atoms with Gasteiger partial charge in [-0.3, -0.25) is 0 Å². The highest BCUT2D eigenvalue weighted by Crippen LogP contribution is 2.15. The molecule has 1 unspecified atom stereocenters. The Labute approximate surface area is 101 Å². The molecule has 1 nitrogen and oxygen atoms in total. The molecule has 1 atom stereocenters. The topological polar surface area (TPSA) is 26.0 Å². The van der Waals surface area contributed by atoms with Gasteiger partial charge in [0.2, 0.25) is 0 Å².